The van der Waals surface area contributed by atoms with Crippen molar-refractivity contribution in [3.63, 3.8) is 0 Å². The van der Waals surface area contributed by atoms with Gasteiger partial charge in [-0.1, -0.05) is 0 Å². The summed E-state index contributed by atoms with van der Waals surface area (Å²) in [6.45, 7) is 5.07. The Morgan fingerprint density at radius 1 is 1.41 bits per heavy atom. The van der Waals surface area contributed by atoms with Crippen molar-refractivity contribution >= 4 is 10.0 Å². The van der Waals surface area contributed by atoms with E-state index in [0.717, 1.165) is 19.2 Å². The van der Waals surface area contributed by atoms with Gasteiger partial charge in [0.25, 0.3) is 0 Å². The number of methoxy groups -OCH3 is 1. The fourth-order valence-electron chi connectivity index (χ4n) is 2.28. The molecule has 22 heavy (non-hydrogen) atoms. The number of hydrogen-bond acceptors (Lipinski definition) is 5. The molecule has 0 bridgehead atoms. The lowest BCUT2D eigenvalue weighted by Gasteiger charge is -2.32. The van der Waals surface area contributed by atoms with Gasteiger partial charge in [0.05, 0.1) is 25.2 Å². The van der Waals surface area contributed by atoms with Crippen LogP contribution in [0.1, 0.15) is 6.92 Å². The Balaban J connectivity index is 1.99. The normalized spacial score (nSPS) is 18.1. The van der Waals surface area contributed by atoms with Gasteiger partial charge in [0.2, 0.25) is 10.0 Å². The number of sulfonamides is 1. The highest BCUT2D eigenvalue weighted by Gasteiger charge is 2.21. The number of benzene rings is 1. The SMILES string of the molecule is COc1ccc(S(=O)(=O)NC[C@H](C)N2CCOCC2)cc1F. The quantitative estimate of drug-likeness (QED) is 0.836. The van der Waals surface area contributed by atoms with Gasteiger partial charge < -0.3 is 9.47 Å². The second-order valence-electron chi connectivity index (χ2n) is 5.15. The fourth-order valence-corrected chi connectivity index (χ4v) is 3.41. The molecule has 1 N–H and O–H groups in total. The molecule has 0 radical (unpaired) electrons. The Morgan fingerprint density at radius 3 is 2.68 bits per heavy atom. The van der Waals surface area contributed by atoms with E-state index >= 15 is 0 Å². The van der Waals surface area contributed by atoms with Gasteiger partial charge in [0.15, 0.2) is 11.6 Å². The van der Waals surface area contributed by atoms with Crippen molar-refractivity contribution in [2.45, 2.75) is 17.9 Å². The van der Waals surface area contributed by atoms with Crippen molar-refractivity contribution in [1.82, 2.24) is 9.62 Å². The first kappa shape index (κ1) is 17.1. The standard InChI is InChI=1S/C14H21FN2O4S/c1-11(17-5-7-21-8-6-17)10-16-22(18,19)12-3-4-14(20-2)13(15)9-12/h3-4,9,11,16H,5-8,10H2,1-2H3/t11-/m0/s1. The molecule has 1 atom stereocenters. The number of ether oxygens (including phenoxy) is 2. The molecule has 1 saturated heterocycles. The van der Waals surface area contributed by atoms with Crippen LogP contribution in [0.4, 0.5) is 4.39 Å². The van der Waals surface area contributed by atoms with Gasteiger partial charge in [0.1, 0.15) is 0 Å². The Kier molecular flexibility index (Phi) is 5.74. The third kappa shape index (κ3) is 4.16. The van der Waals surface area contributed by atoms with Crippen LogP contribution in [0.25, 0.3) is 0 Å². The third-order valence-corrected chi connectivity index (χ3v) is 5.09. The fraction of sp³-hybridized carbons (Fsp3) is 0.571. The maximum absolute atomic E-state index is 13.6. The molecule has 1 aromatic rings. The summed E-state index contributed by atoms with van der Waals surface area (Å²) >= 11 is 0. The minimum atomic E-state index is -3.74. The van der Waals surface area contributed by atoms with E-state index < -0.39 is 15.8 Å². The van der Waals surface area contributed by atoms with Gasteiger partial charge in [-0.05, 0) is 25.1 Å². The van der Waals surface area contributed by atoms with Crippen LogP contribution in [0.5, 0.6) is 5.75 Å². The molecule has 1 aliphatic heterocycles. The largest absolute Gasteiger partial charge is 0.494 e. The predicted molar refractivity (Wildman–Crippen MR) is 80.0 cm³/mol. The van der Waals surface area contributed by atoms with E-state index in [1.54, 1.807) is 0 Å². The van der Waals surface area contributed by atoms with Crippen LogP contribution in [-0.2, 0) is 14.8 Å². The average molecular weight is 332 g/mol. The topological polar surface area (TPSA) is 67.9 Å². The van der Waals surface area contributed by atoms with Crippen molar-refractivity contribution in [3.8, 4) is 5.75 Å². The van der Waals surface area contributed by atoms with E-state index in [2.05, 4.69) is 9.62 Å². The molecule has 0 aromatic heterocycles. The molecule has 8 heteroatoms. The highest BCUT2D eigenvalue weighted by atomic mass is 32.2. The molecule has 0 spiro atoms. The summed E-state index contributed by atoms with van der Waals surface area (Å²) in [4.78, 5) is 2.04. The molecule has 0 aliphatic carbocycles. The molecule has 1 heterocycles. The molecule has 1 aromatic carbocycles. The molecular weight excluding hydrogens is 311 g/mol. The van der Waals surface area contributed by atoms with E-state index in [0.29, 0.717) is 13.2 Å². The number of nitrogens with one attached hydrogen (secondary N) is 1. The summed E-state index contributed by atoms with van der Waals surface area (Å²) in [5.74, 6) is -0.688. The minimum Gasteiger partial charge on any atom is -0.494 e. The van der Waals surface area contributed by atoms with Crippen molar-refractivity contribution < 1.29 is 22.3 Å². The molecule has 0 unspecified atom stereocenters. The third-order valence-electron chi connectivity index (χ3n) is 3.67. The van der Waals surface area contributed by atoms with Crippen LogP contribution in [0, 0.1) is 5.82 Å². The first-order chi connectivity index (χ1) is 10.4. The Hall–Kier alpha value is -1.22. The van der Waals surface area contributed by atoms with Crippen LogP contribution in [0.2, 0.25) is 0 Å². The van der Waals surface area contributed by atoms with E-state index in [9.17, 15) is 12.8 Å². The molecule has 0 amide bonds. The van der Waals surface area contributed by atoms with Crippen LogP contribution in [0.15, 0.2) is 23.1 Å². The molecule has 1 aliphatic rings. The Morgan fingerprint density at radius 2 is 2.09 bits per heavy atom. The summed E-state index contributed by atoms with van der Waals surface area (Å²) in [6, 6.07) is 3.63. The van der Waals surface area contributed by atoms with Crippen LogP contribution in [-0.4, -0.2) is 59.3 Å². The van der Waals surface area contributed by atoms with E-state index in [-0.39, 0.29) is 23.2 Å². The second-order valence-corrected chi connectivity index (χ2v) is 6.91. The summed E-state index contributed by atoms with van der Waals surface area (Å²) in [5.41, 5.74) is 0. The number of morpholine rings is 1. The molecule has 6 nitrogen and oxygen atoms in total. The predicted octanol–water partition coefficient (Wildman–Crippen LogP) is 0.833. The van der Waals surface area contributed by atoms with Crippen LogP contribution in [0.3, 0.4) is 0 Å². The van der Waals surface area contributed by atoms with Gasteiger partial charge in [-0.2, -0.15) is 0 Å². The highest BCUT2D eigenvalue weighted by Crippen LogP contribution is 2.20. The Labute approximate surface area is 130 Å². The molecule has 124 valence electrons. The lowest BCUT2D eigenvalue weighted by atomic mass is 10.2. The van der Waals surface area contributed by atoms with Crippen molar-refractivity contribution in [2.24, 2.45) is 0 Å². The van der Waals surface area contributed by atoms with E-state index in [1.807, 2.05) is 6.92 Å². The lowest BCUT2D eigenvalue weighted by Crippen LogP contribution is -2.47. The number of nitrogens with zero attached hydrogens (tertiary/aromatic N) is 1. The number of rotatable bonds is 6. The van der Waals surface area contributed by atoms with Crippen LogP contribution < -0.4 is 9.46 Å². The van der Waals surface area contributed by atoms with Crippen LogP contribution >= 0.6 is 0 Å². The monoisotopic (exact) mass is 332 g/mol. The first-order valence-electron chi connectivity index (χ1n) is 7.09. The lowest BCUT2D eigenvalue weighted by molar-refractivity contribution is 0.0213. The molecular formula is C14H21FN2O4S. The van der Waals surface area contributed by atoms with Crippen molar-refractivity contribution in [3.05, 3.63) is 24.0 Å². The average Bonchev–Trinajstić information content (AvgIpc) is 2.53. The van der Waals surface area contributed by atoms with Gasteiger partial charge in [0, 0.05) is 25.7 Å². The summed E-state index contributed by atoms with van der Waals surface area (Å²) in [7, 11) is -2.42. The van der Waals surface area contributed by atoms with E-state index in [4.69, 9.17) is 9.47 Å². The molecule has 2 rings (SSSR count). The maximum Gasteiger partial charge on any atom is 0.240 e. The van der Waals surface area contributed by atoms with Gasteiger partial charge in [-0.3, -0.25) is 4.90 Å². The zero-order valence-electron chi connectivity index (χ0n) is 12.7. The van der Waals surface area contributed by atoms with Gasteiger partial charge in [-0.15, -0.1) is 0 Å². The highest BCUT2D eigenvalue weighted by molar-refractivity contribution is 7.89. The summed E-state index contributed by atoms with van der Waals surface area (Å²) in [6.07, 6.45) is 0. The van der Waals surface area contributed by atoms with Gasteiger partial charge >= 0.3 is 0 Å². The Bertz CT molecular complexity index is 603. The smallest absolute Gasteiger partial charge is 0.240 e. The molecule has 1 fully saturated rings. The number of hydrogen-bond donors (Lipinski definition) is 1. The van der Waals surface area contributed by atoms with Gasteiger partial charge in [-0.25, -0.2) is 17.5 Å². The van der Waals surface area contributed by atoms with E-state index in [1.165, 1.54) is 19.2 Å². The van der Waals surface area contributed by atoms with Crippen molar-refractivity contribution in [2.75, 3.05) is 40.0 Å². The molecule has 0 saturated carbocycles. The zero-order valence-corrected chi connectivity index (χ0v) is 13.5. The summed E-state index contributed by atoms with van der Waals surface area (Å²) < 4.78 is 50.6. The zero-order chi connectivity index (χ0) is 16.2. The minimum absolute atomic E-state index is 0.0145. The van der Waals surface area contributed by atoms with Crippen molar-refractivity contribution in [1.29, 1.82) is 0 Å². The maximum atomic E-state index is 13.6. The number of halogens is 1. The summed E-state index contributed by atoms with van der Waals surface area (Å²) in [5, 5.41) is 0. The second kappa shape index (κ2) is 7.36. The first-order valence-corrected chi connectivity index (χ1v) is 8.57.